The van der Waals surface area contributed by atoms with Gasteiger partial charge in [0.25, 0.3) is 11.1 Å². The number of esters is 1. The highest BCUT2D eigenvalue weighted by molar-refractivity contribution is 8.18. The molecule has 0 saturated carbocycles. The second-order valence-electron chi connectivity index (χ2n) is 4.70. The van der Waals surface area contributed by atoms with Crippen LogP contribution >= 0.6 is 11.8 Å². The van der Waals surface area contributed by atoms with Crippen LogP contribution in [-0.4, -0.2) is 35.2 Å². The summed E-state index contributed by atoms with van der Waals surface area (Å²) in [6.45, 7) is 1.16. The summed E-state index contributed by atoms with van der Waals surface area (Å²) in [7, 11) is 0. The molecule has 1 heterocycles. The molecule has 0 bridgehead atoms. The molecule has 9 heteroatoms. The molecule has 2 rings (SSSR count). The number of alkyl halides is 3. The first-order valence-electron chi connectivity index (χ1n) is 6.80. The Balaban J connectivity index is 2.21. The lowest BCUT2D eigenvalue weighted by molar-refractivity contribution is -0.146. The summed E-state index contributed by atoms with van der Waals surface area (Å²) in [5, 5.41) is -0.675. The van der Waals surface area contributed by atoms with E-state index < -0.39 is 35.4 Å². The minimum absolute atomic E-state index is 0.0522. The summed E-state index contributed by atoms with van der Waals surface area (Å²) < 4.78 is 42.7. The third-order valence-corrected chi connectivity index (χ3v) is 3.89. The molecule has 24 heavy (non-hydrogen) atoms. The quantitative estimate of drug-likeness (QED) is 0.610. The fraction of sp³-hybridized carbons (Fsp3) is 0.267. The van der Waals surface area contributed by atoms with Crippen molar-refractivity contribution in [1.29, 1.82) is 0 Å². The second-order valence-corrected chi connectivity index (χ2v) is 5.69. The molecule has 1 aromatic rings. The van der Waals surface area contributed by atoms with Gasteiger partial charge >= 0.3 is 12.1 Å². The minimum Gasteiger partial charge on any atom is -0.465 e. The molecule has 128 valence electrons. The van der Waals surface area contributed by atoms with Crippen LogP contribution in [0, 0.1) is 0 Å². The number of thioether (sulfide) groups is 1. The molecule has 2 amide bonds. The molecule has 0 aromatic heterocycles. The largest absolute Gasteiger partial charge is 0.465 e. The average Bonchev–Trinajstić information content (AvgIpc) is 2.75. The van der Waals surface area contributed by atoms with E-state index in [2.05, 4.69) is 4.74 Å². The van der Waals surface area contributed by atoms with E-state index in [1.807, 2.05) is 0 Å². The van der Waals surface area contributed by atoms with Gasteiger partial charge in [-0.1, -0.05) is 12.1 Å². The SMILES string of the molecule is CCOC(=O)CN1C(=O)S/C(=C\c2cccc(C(F)(F)F)c2)C1=O. The number of hydrogen-bond donors (Lipinski definition) is 0. The van der Waals surface area contributed by atoms with Crippen molar-refractivity contribution in [3.8, 4) is 0 Å². The molecular weight excluding hydrogens is 347 g/mol. The first-order chi connectivity index (χ1) is 11.2. The number of imide groups is 1. The van der Waals surface area contributed by atoms with Gasteiger partial charge in [-0.3, -0.25) is 19.3 Å². The van der Waals surface area contributed by atoms with E-state index in [1.54, 1.807) is 6.92 Å². The fourth-order valence-electron chi connectivity index (χ4n) is 1.93. The topological polar surface area (TPSA) is 63.7 Å². The zero-order valence-corrected chi connectivity index (χ0v) is 13.2. The Morgan fingerprint density at radius 2 is 2.04 bits per heavy atom. The maximum absolute atomic E-state index is 12.7. The normalized spacial score (nSPS) is 16.8. The van der Waals surface area contributed by atoms with Crippen LogP contribution in [0.25, 0.3) is 6.08 Å². The van der Waals surface area contributed by atoms with E-state index >= 15 is 0 Å². The van der Waals surface area contributed by atoms with Crippen LogP contribution in [0.1, 0.15) is 18.1 Å². The van der Waals surface area contributed by atoms with Crippen molar-refractivity contribution in [2.24, 2.45) is 0 Å². The van der Waals surface area contributed by atoms with E-state index in [0.717, 1.165) is 12.1 Å². The molecule has 0 spiro atoms. The Morgan fingerprint density at radius 3 is 2.67 bits per heavy atom. The van der Waals surface area contributed by atoms with Crippen molar-refractivity contribution >= 4 is 35.0 Å². The fourth-order valence-corrected chi connectivity index (χ4v) is 2.77. The van der Waals surface area contributed by atoms with Gasteiger partial charge in [-0.15, -0.1) is 0 Å². The summed E-state index contributed by atoms with van der Waals surface area (Å²) >= 11 is 0.560. The van der Waals surface area contributed by atoms with Gasteiger partial charge in [0.2, 0.25) is 0 Å². The lowest BCUT2D eigenvalue weighted by atomic mass is 10.1. The Labute approximate surface area is 139 Å². The molecule has 0 radical (unpaired) electrons. The van der Waals surface area contributed by atoms with Gasteiger partial charge in [0, 0.05) is 0 Å². The van der Waals surface area contributed by atoms with E-state index in [-0.39, 0.29) is 17.1 Å². The molecule has 1 aliphatic heterocycles. The number of ether oxygens (including phenoxy) is 1. The summed E-state index contributed by atoms with van der Waals surface area (Å²) in [6.07, 6.45) is -3.32. The number of rotatable bonds is 4. The van der Waals surface area contributed by atoms with E-state index in [4.69, 9.17) is 0 Å². The maximum Gasteiger partial charge on any atom is 0.416 e. The highest BCUT2D eigenvalue weighted by atomic mass is 32.2. The second kappa shape index (κ2) is 7.08. The van der Waals surface area contributed by atoms with Gasteiger partial charge in [-0.05, 0) is 42.5 Å². The molecule has 0 unspecified atom stereocenters. The average molecular weight is 359 g/mol. The van der Waals surface area contributed by atoms with Crippen molar-refractivity contribution in [1.82, 2.24) is 4.90 Å². The number of carbonyl (C=O) groups excluding carboxylic acids is 3. The van der Waals surface area contributed by atoms with Gasteiger partial charge in [-0.25, -0.2) is 0 Å². The third-order valence-electron chi connectivity index (χ3n) is 2.98. The molecule has 0 N–H and O–H groups in total. The van der Waals surface area contributed by atoms with Gasteiger partial charge in [-0.2, -0.15) is 13.2 Å². The Hall–Kier alpha value is -2.29. The van der Waals surface area contributed by atoms with Crippen molar-refractivity contribution in [2.45, 2.75) is 13.1 Å². The molecule has 0 aliphatic carbocycles. The van der Waals surface area contributed by atoms with Crippen LogP contribution in [0.2, 0.25) is 0 Å². The first kappa shape index (κ1) is 18.1. The first-order valence-corrected chi connectivity index (χ1v) is 7.62. The maximum atomic E-state index is 12.7. The smallest absolute Gasteiger partial charge is 0.416 e. The van der Waals surface area contributed by atoms with E-state index in [9.17, 15) is 27.6 Å². The Morgan fingerprint density at radius 1 is 1.33 bits per heavy atom. The van der Waals surface area contributed by atoms with Gasteiger partial charge < -0.3 is 4.74 Å². The molecule has 0 atom stereocenters. The zero-order chi connectivity index (χ0) is 17.9. The summed E-state index contributed by atoms with van der Waals surface area (Å²) in [5.74, 6) is -1.48. The molecule has 1 saturated heterocycles. The zero-order valence-electron chi connectivity index (χ0n) is 12.4. The molecular formula is C15H12F3NO4S. The predicted octanol–water partition coefficient (Wildman–Crippen LogP) is 3.30. The highest BCUT2D eigenvalue weighted by Gasteiger charge is 2.37. The Bertz CT molecular complexity index is 715. The van der Waals surface area contributed by atoms with Gasteiger partial charge in [0.15, 0.2) is 0 Å². The monoisotopic (exact) mass is 359 g/mol. The minimum atomic E-state index is -4.51. The van der Waals surface area contributed by atoms with Crippen LogP contribution < -0.4 is 0 Å². The number of halogens is 3. The van der Waals surface area contributed by atoms with Crippen molar-refractivity contribution < 1.29 is 32.3 Å². The van der Waals surface area contributed by atoms with Crippen LogP contribution in [-0.2, 0) is 20.5 Å². The molecule has 1 aromatic carbocycles. The summed E-state index contributed by atoms with van der Waals surface area (Å²) in [6, 6.07) is 4.37. The molecule has 5 nitrogen and oxygen atoms in total. The van der Waals surface area contributed by atoms with E-state index in [0.29, 0.717) is 16.7 Å². The number of amides is 2. The van der Waals surface area contributed by atoms with E-state index in [1.165, 1.54) is 18.2 Å². The Kier molecular flexibility index (Phi) is 5.33. The molecule has 1 aliphatic rings. The van der Waals surface area contributed by atoms with Crippen molar-refractivity contribution in [3.63, 3.8) is 0 Å². The number of benzene rings is 1. The van der Waals surface area contributed by atoms with Gasteiger partial charge in [0.1, 0.15) is 6.54 Å². The standard InChI is InChI=1S/C15H12F3NO4S/c1-2-23-12(20)8-19-13(21)11(24-14(19)22)7-9-4-3-5-10(6-9)15(16,17)18/h3-7H,2,8H2,1H3/b11-7-. The lowest BCUT2D eigenvalue weighted by Crippen LogP contribution is -2.34. The van der Waals surface area contributed by atoms with Crippen LogP contribution in [0.15, 0.2) is 29.2 Å². The van der Waals surface area contributed by atoms with Crippen molar-refractivity contribution in [3.05, 3.63) is 40.3 Å². The predicted molar refractivity (Wildman–Crippen MR) is 80.8 cm³/mol. The number of hydrogen-bond acceptors (Lipinski definition) is 5. The van der Waals surface area contributed by atoms with Crippen molar-refractivity contribution in [2.75, 3.05) is 13.2 Å². The summed E-state index contributed by atoms with van der Waals surface area (Å²) in [5.41, 5.74) is -0.728. The van der Waals surface area contributed by atoms with Crippen LogP contribution in [0.4, 0.5) is 18.0 Å². The third kappa shape index (κ3) is 4.16. The van der Waals surface area contributed by atoms with Crippen LogP contribution in [0.5, 0.6) is 0 Å². The number of carbonyl (C=O) groups is 3. The summed E-state index contributed by atoms with van der Waals surface area (Å²) in [4.78, 5) is 36.0. The van der Waals surface area contributed by atoms with Crippen LogP contribution in [0.3, 0.4) is 0 Å². The van der Waals surface area contributed by atoms with Gasteiger partial charge in [0.05, 0.1) is 17.1 Å². The lowest BCUT2D eigenvalue weighted by Gasteiger charge is -2.10. The highest BCUT2D eigenvalue weighted by Crippen LogP contribution is 2.34. The number of nitrogens with zero attached hydrogens (tertiary/aromatic N) is 1. The molecule has 1 fully saturated rings.